The van der Waals surface area contributed by atoms with Gasteiger partial charge in [-0.05, 0) is 68.6 Å². The zero-order valence-electron chi connectivity index (χ0n) is 17.2. The van der Waals surface area contributed by atoms with Crippen molar-refractivity contribution in [2.75, 3.05) is 44.2 Å². The topological polar surface area (TPSA) is 15.7 Å². The van der Waals surface area contributed by atoms with Gasteiger partial charge in [0.2, 0.25) is 0 Å². The summed E-state index contributed by atoms with van der Waals surface area (Å²) in [6.45, 7) is 8.22. The van der Waals surface area contributed by atoms with E-state index in [-0.39, 0.29) is 11.9 Å². The lowest BCUT2D eigenvalue weighted by molar-refractivity contribution is 0.0518. The molecule has 0 aliphatic carbocycles. The molecule has 1 saturated heterocycles. The van der Waals surface area contributed by atoms with Crippen LogP contribution >= 0.6 is 11.8 Å². The summed E-state index contributed by atoms with van der Waals surface area (Å²) in [7, 11) is 0. The van der Waals surface area contributed by atoms with E-state index in [0.29, 0.717) is 5.25 Å². The molecule has 2 unspecified atom stereocenters. The summed E-state index contributed by atoms with van der Waals surface area (Å²) < 4.78 is 19.2. The van der Waals surface area contributed by atoms with Gasteiger partial charge in [-0.25, -0.2) is 4.39 Å². The molecule has 0 radical (unpaired) electrons. The predicted octanol–water partition coefficient (Wildman–Crippen LogP) is 5.37. The average molecular weight is 415 g/mol. The van der Waals surface area contributed by atoms with Crippen LogP contribution in [0, 0.1) is 5.82 Å². The fourth-order valence-corrected chi connectivity index (χ4v) is 5.81. The van der Waals surface area contributed by atoms with E-state index in [0.717, 1.165) is 51.4 Å². The van der Waals surface area contributed by atoms with Crippen LogP contribution in [0.15, 0.2) is 53.4 Å². The first-order valence-corrected chi connectivity index (χ1v) is 11.7. The number of benzene rings is 2. The molecule has 5 heteroatoms. The first-order chi connectivity index (χ1) is 14.2. The highest BCUT2D eigenvalue weighted by Gasteiger charge is 2.27. The molecule has 156 valence electrons. The van der Waals surface area contributed by atoms with Crippen LogP contribution in [0.2, 0.25) is 0 Å². The number of thioether (sulfide) groups is 1. The van der Waals surface area contributed by atoms with Crippen LogP contribution in [0.5, 0.6) is 0 Å². The predicted molar refractivity (Wildman–Crippen MR) is 119 cm³/mol. The Morgan fingerprint density at radius 1 is 1.03 bits per heavy atom. The highest BCUT2D eigenvalue weighted by molar-refractivity contribution is 8.00. The van der Waals surface area contributed by atoms with Crippen LogP contribution in [-0.2, 0) is 4.74 Å². The van der Waals surface area contributed by atoms with Crippen molar-refractivity contribution in [1.82, 2.24) is 4.90 Å². The number of halogens is 1. The Hall–Kier alpha value is -1.56. The second kappa shape index (κ2) is 9.96. The van der Waals surface area contributed by atoms with Crippen LogP contribution in [0.25, 0.3) is 0 Å². The molecule has 3 nitrogen and oxygen atoms in total. The summed E-state index contributed by atoms with van der Waals surface area (Å²) in [6, 6.07) is 15.6. The second-order valence-electron chi connectivity index (χ2n) is 7.90. The Morgan fingerprint density at radius 2 is 1.79 bits per heavy atom. The Bertz CT molecular complexity index is 777. The molecule has 0 saturated carbocycles. The van der Waals surface area contributed by atoms with Crippen LogP contribution in [0.4, 0.5) is 10.1 Å². The zero-order valence-corrected chi connectivity index (χ0v) is 18.0. The van der Waals surface area contributed by atoms with Gasteiger partial charge in [-0.3, -0.25) is 4.90 Å². The number of hydrogen-bond donors (Lipinski definition) is 0. The molecule has 4 rings (SSSR count). The summed E-state index contributed by atoms with van der Waals surface area (Å²) in [5, 5.41) is 0.641. The van der Waals surface area contributed by atoms with Crippen molar-refractivity contribution in [2.24, 2.45) is 0 Å². The summed E-state index contributed by atoms with van der Waals surface area (Å²) in [4.78, 5) is 6.33. The van der Waals surface area contributed by atoms with Gasteiger partial charge in [-0.15, -0.1) is 11.8 Å². The molecular formula is C24H31FN2OS. The van der Waals surface area contributed by atoms with Crippen LogP contribution in [-0.4, -0.2) is 49.5 Å². The maximum atomic E-state index is 13.1. The van der Waals surface area contributed by atoms with Gasteiger partial charge in [0.05, 0.1) is 6.10 Å². The van der Waals surface area contributed by atoms with E-state index in [9.17, 15) is 4.39 Å². The molecule has 0 bridgehead atoms. The van der Waals surface area contributed by atoms with Gasteiger partial charge in [-0.1, -0.05) is 18.2 Å². The van der Waals surface area contributed by atoms with Crippen molar-refractivity contribution in [3.05, 3.63) is 59.9 Å². The standard InChI is InChI=1S/C24H31FN2OS/c1-2-28-23-18-21(29-24-8-4-3-7-22(23)24)6-5-13-26-14-16-27(17-15-26)20-11-9-19(25)10-12-20/h3-4,7-12,21,23H,2,5-6,13-18H2,1H3. The quantitative estimate of drug-likeness (QED) is 0.605. The van der Waals surface area contributed by atoms with Crippen LogP contribution in [0.3, 0.4) is 0 Å². The fourth-order valence-electron chi connectivity index (χ4n) is 4.41. The number of anilines is 1. The third-order valence-corrected chi connectivity index (χ3v) is 7.36. The van der Waals surface area contributed by atoms with Crippen molar-refractivity contribution in [2.45, 2.75) is 42.4 Å². The molecule has 2 aliphatic heterocycles. The lowest BCUT2D eigenvalue weighted by Gasteiger charge is -2.36. The van der Waals surface area contributed by atoms with Crippen molar-refractivity contribution < 1.29 is 9.13 Å². The largest absolute Gasteiger partial charge is 0.374 e. The molecule has 2 heterocycles. The monoisotopic (exact) mass is 414 g/mol. The second-order valence-corrected chi connectivity index (χ2v) is 9.25. The SMILES string of the molecule is CCOC1CC(CCCN2CCN(c3ccc(F)cc3)CC2)Sc2ccccc21. The van der Waals surface area contributed by atoms with E-state index >= 15 is 0 Å². The number of hydrogen-bond acceptors (Lipinski definition) is 4. The molecule has 0 amide bonds. The van der Waals surface area contributed by atoms with E-state index in [2.05, 4.69) is 41.0 Å². The van der Waals surface area contributed by atoms with E-state index < -0.39 is 0 Å². The minimum absolute atomic E-state index is 0.165. The number of rotatable bonds is 7. The minimum atomic E-state index is -0.165. The van der Waals surface area contributed by atoms with Gasteiger partial charge in [0, 0.05) is 48.6 Å². The molecule has 0 N–H and O–H groups in total. The van der Waals surface area contributed by atoms with E-state index in [1.165, 1.54) is 23.3 Å². The zero-order chi connectivity index (χ0) is 20.1. The first kappa shape index (κ1) is 20.7. The minimum Gasteiger partial charge on any atom is -0.374 e. The molecule has 29 heavy (non-hydrogen) atoms. The summed E-state index contributed by atoms with van der Waals surface area (Å²) in [6.07, 6.45) is 3.84. The van der Waals surface area contributed by atoms with Crippen LogP contribution < -0.4 is 4.90 Å². The lowest BCUT2D eigenvalue weighted by atomic mass is 10.0. The molecular weight excluding hydrogens is 383 g/mol. The Morgan fingerprint density at radius 3 is 2.55 bits per heavy atom. The summed E-state index contributed by atoms with van der Waals surface area (Å²) in [5.74, 6) is -0.165. The number of fused-ring (bicyclic) bond motifs is 1. The fraction of sp³-hybridized carbons (Fsp3) is 0.500. The average Bonchev–Trinajstić information content (AvgIpc) is 2.75. The van der Waals surface area contributed by atoms with Crippen molar-refractivity contribution in [3.63, 3.8) is 0 Å². The van der Waals surface area contributed by atoms with Gasteiger partial charge in [0.25, 0.3) is 0 Å². The highest BCUT2D eigenvalue weighted by atomic mass is 32.2. The van der Waals surface area contributed by atoms with E-state index in [4.69, 9.17) is 4.74 Å². The van der Waals surface area contributed by atoms with Crippen LogP contribution in [0.1, 0.15) is 37.9 Å². The van der Waals surface area contributed by atoms with E-state index in [1.807, 2.05) is 23.9 Å². The molecule has 1 fully saturated rings. The van der Waals surface area contributed by atoms with Crippen molar-refractivity contribution in [3.8, 4) is 0 Å². The number of ether oxygens (including phenoxy) is 1. The van der Waals surface area contributed by atoms with Gasteiger partial charge in [0.1, 0.15) is 5.82 Å². The normalized spacial score (nSPS) is 22.5. The van der Waals surface area contributed by atoms with Gasteiger partial charge >= 0.3 is 0 Å². The number of nitrogens with zero attached hydrogens (tertiary/aromatic N) is 2. The Balaban J connectivity index is 1.22. The highest BCUT2D eigenvalue weighted by Crippen LogP contribution is 2.43. The number of piperazine rings is 1. The maximum absolute atomic E-state index is 13.1. The Labute approximate surface area is 178 Å². The maximum Gasteiger partial charge on any atom is 0.123 e. The third-order valence-electron chi connectivity index (χ3n) is 5.97. The third kappa shape index (κ3) is 5.33. The van der Waals surface area contributed by atoms with Crippen molar-refractivity contribution >= 4 is 17.4 Å². The van der Waals surface area contributed by atoms with Gasteiger partial charge < -0.3 is 9.64 Å². The molecule has 2 aromatic rings. The molecule has 0 aromatic heterocycles. The van der Waals surface area contributed by atoms with Gasteiger partial charge in [0.15, 0.2) is 0 Å². The molecule has 2 aromatic carbocycles. The lowest BCUT2D eigenvalue weighted by Crippen LogP contribution is -2.46. The first-order valence-electron chi connectivity index (χ1n) is 10.8. The smallest absolute Gasteiger partial charge is 0.123 e. The van der Waals surface area contributed by atoms with Gasteiger partial charge in [-0.2, -0.15) is 0 Å². The van der Waals surface area contributed by atoms with Crippen molar-refractivity contribution in [1.29, 1.82) is 0 Å². The molecule has 2 atom stereocenters. The van der Waals surface area contributed by atoms with E-state index in [1.54, 1.807) is 12.1 Å². The summed E-state index contributed by atoms with van der Waals surface area (Å²) >= 11 is 2.03. The summed E-state index contributed by atoms with van der Waals surface area (Å²) in [5.41, 5.74) is 2.50. The molecule has 0 spiro atoms. The Kier molecular flexibility index (Phi) is 7.11. The molecule has 2 aliphatic rings.